The van der Waals surface area contributed by atoms with Crippen molar-refractivity contribution in [3.8, 4) is 0 Å². The quantitative estimate of drug-likeness (QED) is 0.723. The van der Waals surface area contributed by atoms with E-state index in [-0.39, 0.29) is 11.9 Å². The van der Waals surface area contributed by atoms with Crippen LogP contribution in [0.25, 0.3) is 0 Å². The number of carbonyl (C=O) groups is 2. The van der Waals surface area contributed by atoms with Crippen molar-refractivity contribution >= 4 is 11.9 Å². The maximum absolute atomic E-state index is 12.4. The summed E-state index contributed by atoms with van der Waals surface area (Å²) in [6.45, 7) is 6.45. The van der Waals surface area contributed by atoms with Crippen molar-refractivity contribution in [2.24, 2.45) is 7.05 Å². The lowest BCUT2D eigenvalue weighted by Crippen LogP contribution is -2.26. The van der Waals surface area contributed by atoms with Crippen LogP contribution in [0.1, 0.15) is 46.4 Å². The number of esters is 1. The van der Waals surface area contributed by atoms with Gasteiger partial charge < -0.3 is 18.6 Å². The second kappa shape index (κ2) is 8.05. The number of nitrogens with zero attached hydrogens (tertiary/aromatic N) is 2. The third-order valence-electron chi connectivity index (χ3n) is 4.54. The lowest BCUT2D eigenvalue weighted by Gasteiger charge is -2.15. The maximum Gasteiger partial charge on any atom is 0.355 e. The van der Waals surface area contributed by atoms with Gasteiger partial charge in [-0.05, 0) is 50.5 Å². The van der Waals surface area contributed by atoms with Crippen molar-refractivity contribution in [3.05, 3.63) is 46.7 Å². The molecule has 0 aromatic carbocycles. The predicted octanol–water partition coefficient (Wildman–Crippen LogP) is 3.00. The van der Waals surface area contributed by atoms with E-state index in [1.165, 1.54) is 0 Å². The second-order valence-corrected chi connectivity index (χ2v) is 6.15. The van der Waals surface area contributed by atoms with Crippen LogP contribution in [0.15, 0.2) is 22.8 Å². The molecule has 25 heavy (non-hydrogen) atoms. The van der Waals surface area contributed by atoms with Gasteiger partial charge in [-0.3, -0.25) is 4.79 Å². The van der Waals surface area contributed by atoms with Crippen LogP contribution in [0.4, 0.5) is 0 Å². The van der Waals surface area contributed by atoms with Crippen LogP contribution in [-0.4, -0.2) is 35.0 Å². The highest BCUT2D eigenvalue weighted by molar-refractivity contribution is 5.90. The average Bonchev–Trinajstić information content (AvgIpc) is 3.14. The Morgan fingerprint density at radius 2 is 2.04 bits per heavy atom. The zero-order valence-corrected chi connectivity index (χ0v) is 15.6. The fourth-order valence-corrected chi connectivity index (χ4v) is 3.04. The highest BCUT2D eigenvalue weighted by Gasteiger charge is 2.22. The van der Waals surface area contributed by atoms with Gasteiger partial charge in [-0.15, -0.1) is 0 Å². The summed E-state index contributed by atoms with van der Waals surface area (Å²) < 4.78 is 12.3. The summed E-state index contributed by atoms with van der Waals surface area (Å²) in [5, 5.41) is 0. The lowest BCUT2D eigenvalue weighted by molar-refractivity contribution is -0.130. The monoisotopic (exact) mass is 346 g/mol. The predicted molar refractivity (Wildman–Crippen MR) is 94.3 cm³/mol. The molecule has 0 aliphatic rings. The fraction of sp³-hybridized carbons (Fsp3) is 0.474. The molecular weight excluding hydrogens is 320 g/mol. The fourth-order valence-electron chi connectivity index (χ4n) is 3.04. The Bertz CT molecular complexity index is 744. The topological polar surface area (TPSA) is 64.7 Å². The molecule has 0 spiro atoms. The number of hydrogen-bond donors (Lipinski definition) is 0. The van der Waals surface area contributed by atoms with E-state index in [4.69, 9.17) is 9.15 Å². The molecule has 6 nitrogen and oxygen atoms in total. The molecular formula is C19H26N2O4. The van der Waals surface area contributed by atoms with Gasteiger partial charge in [-0.1, -0.05) is 0 Å². The number of furan rings is 1. The van der Waals surface area contributed by atoms with Crippen LogP contribution in [0, 0.1) is 13.8 Å². The molecule has 1 amide bonds. The maximum atomic E-state index is 12.4. The highest BCUT2D eigenvalue weighted by atomic mass is 16.5. The number of amides is 1. The Labute approximate surface area is 148 Å². The Morgan fingerprint density at radius 1 is 1.32 bits per heavy atom. The first-order valence-corrected chi connectivity index (χ1v) is 8.45. The molecule has 0 radical (unpaired) electrons. The second-order valence-electron chi connectivity index (χ2n) is 6.15. The van der Waals surface area contributed by atoms with Crippen molar-refractivity contribution in [1.82, 2.24) is 9.47 Å². The molecule has 2 aromatic rings. The van der Waals surface area contributed by atoms with E-state index in [0.717, 1.165) is 22.6 Å². The Morgan fingerprint density at radius 3 is 2.64 bits per heavy atom. The van der Waals surface area contributed by atoms with Crippen LogP contribution < -0.4 is 0 Å². The van der Waals surface area contributed by atoms with Crippen molar-refractivity contribution < 1.29 is 18.7 Å². The summed E-state index contributed by atoms with van der Waals surface area (Å²) in [4.78, 5) is 26.2. The molecule has 0 saturated heterocycles. The minimum Gasteiger partial charge on any atom is -0.467 e. The van der Waals surface area contributed by atoms with Crippen LogP contribution in [0.2, 0.25) is 0 Å². The SMILES string of the molecule is CCOC(=O)c1c(C)c(CCC(=O)N(C)Cc2ccco2)c(C)n1C. The van der Waals surface area contributed by atoms with Crippen molar-refractivity contribution in [1.29, 1.82) is 0 Å². The Hall–Kier alpha value is -2.50. The van der Waals surface area contributed by atoms with Crippen molar-refractivity contribution in [2.75, 3.05) is 13.7 Å². The third-order valence-corrected chi connectivity index (χ3v) is 4.54. The molecule has 2 heterocycles. The van der Waals surface area contributed by atoms with E-state index in [1.807, 2.05) is 31.5 Å². The molecule has 6 heteroatoms. The Balaban J connectivity index is 2.06. The molecule has 2 aromatic heterocycles. The summed E-state index contributed by atoms with van der Waals surface area (Å²) >= 11 is 0. The van der Waals surface area contributed by atoms with Gasteiger partial charge in [0.15, 0.2) is 0 Å². The van der Waals surface area contributed by atoms with Gasteiger partial charge in [0.1, 0.15) is 11.5 Å². The molecule has 0 fully saturated rings. The summed E-state index contributed by atoms with van der Waals surface area (Å²) in [6.07, 6.45) is 2.57. The average molecular weight is 346 g/mol. The minimum absolute atomic E-state index is 0.0386. The number of rotatable bonds is 7. The van der Waals surface area contributed by atoms with E-state index >= 15 is 0 Å². The van der Waals surface area contributed by atoms with Gasteiger partial charge >= 0.3 is 5.97 Å². The van der Waals surface area contributed by atoms with Gasteiger partial charge in [0, 0.05) is 26.2 Å². The van der Waals surface area contributed by atoms with Crippen LogP contribution >= 0.6 is 0 Å². The number of aromatic nitrogens is 1. The van der Waals surface area contributed by atoms with Gasteiger partial charge in [0.25, 0.3) is 0 Å². The van der Waals surface area contributed by atoms with Crippen molar-refractivity contribution in [2.45, 2.75) is 40.2 Å². The van der Waals surface area contributed by atoms with E-state index in [9.17, 15) is 9.59 Å². The van der Waals surface area contributed by atoms with Crippen LogP contribution in [0.5, 0.6) is 0 Å². The molecule has 0 saturated carbocycles. The molecule has 0 bridgehead atoms. The molecule has 0 unspecified atom stereocenters. The van der Waals surface area contributed by atoms with Gasteiger partial charge in [-0.2, -0.15) is 0 Å². The molecule has 0 aliphatic carbocycles. The molecule has 0 atom stereocenters. The van der Waals surface area contributed by atoms with E-state index in [0.29, 0.717) is 31.7 Å². The first kappa shape index (κ1) is 18.8. The summed E-state index contributed by atoms with van der Waals surface area (Å²) in [5.74, 6) is 0.474. The minimum atomic E-state index is -0.321. The van der Waals surface area contributed by atoms with Gasteiger partial charge in [-0.25, -0.2) is 4.79 Å². The van der Waals surface area contributed by atoms with Crippen LogP contribution in [0.3, 0.4) is 0 Å². The van der Waals surface area contributed by atoms with E-state index in [2.05, 4.69) is 0 Å². The third kappa shape index (κ3) is 4.13. The smallest absolute Gasteiger partial charge is 0.355 e. The normalized spacial score (nSPS) is 10.8. The molecule has 0 N–H and O–H groups in total. The number of hydrogen-bond acceptors (Lipinski definition) is 4. The summed E-state index contributed by atoms with van der Waals surface area (Å²) in [6, 6.07) is 3.65. The Kier molecular flexibility index (Phi) is 6.07. The first-order chi connectivity index (χ1) is 11.9. The number of carbonyl (C=O) groups excluding carboxylic acids is 2. The van der Waals surface area contributed by atoms with Crippen molar-refractivity contribution in [3.63, 3.8) is 0 Å². The lowest BCUT2D eigenvalue weighted by atomic mass is 10.0. The number of ether oxygens (including phenoxy) is 1. The van der Waals surface area contributed by atoms with Gasteiger partial charge in [0.05, 0.1) is 19.4 Å². The molecule has 136 valence electrons. The zero-order valence-electron chi connectivity index (χ0n) is 15.6. The summed E-state index contributed by atoms with van der Waals surface area (Å²) in [5.41, 5.74) is 3.47. The van der Waals surface area contributed by atoms with E-state index in [1.54, 1.807) is 31.2 Å². The highest BCUT2D eigenvalue weighted by Crippen LogP contribution is 2.23. The van der Waals surface area contributed by atoms with Gasteiger partial charge in [0.2, 0.25) is 5.91 Å². The van der Waals surface area contributed by atoms with E-state index < -0.39 is 0 Å². The van der Waals surface area contributed by atoms with Crippen LogP contribution in [-0.2, 0) is 29.5 Å². The standard InChI is InChI=1S/C19H26N2O4/c1-6-24-19(23)18-13(2)16(14(3)21(18)5)9-10-17(22)20(4)12-15-8-7-11-25-15/h7-8,11H,6,9-10,12H2,1-5H3. The molecule has 0 aliphatic heterocycles. The summed E-state index contributed by atoms with van der Waals surface area (Å²) in [7, 11) is 3.61. The first-order valence-electron chi connectivity index (χ1n) is 8.45. The molecule has 2 rings (SSSR count). The largest absolute Gasteiger partial charge is 0.467 e. The zero-order chi connectivity index (χ0) is 18.6.